The molecular formula is C11H11BrO2. The number of fused-ring (bicyclic) bond motifs is 1. The summed E-state index contributed by atoms with van der Waals surface area (Å²) in [4.78, 5) is 11.4. The van der Waals surface area contributed by atoms with Gasteiger partial charge in [-0.25, -0.2) is 4.79 Å². The lowest BCUT2D eigenvalue weighted by Crippen LogP contribution is -2.05. The van der Waals surface area contributed by atoms with E-state index in [2.05, 4.69) is 15.9 Å². The van der Waals surface area contributed by atoms with E-state index in [9.17, 15) is 4.79 Å². The van der Waals surface area contributed by atoms with Gasteiger partial charge in [0.1, 0.15) is 0 Å². The first-order valence-electron chi connectivity index (χ1n) is 4.62. The number of carbonyl (C=O) groups excluding carboxylic acids is 1. The number of rotatable bonds is 1. The van der Waals surface area contributed by atoms with Crippen LogP contribution in [0.5, 0.6) is 0 Å². The van der Waals surface area contributed by atoms with Gasteiger partial charge in [0.05, 0.1) is 12.7 Å². The van der Waals surface area contributed by atoms with Crippen LogP contribution in [-0.2, 0) is 17.6 Å². The number of hydrogen-bond acceptors (Lipinski definition) is 2. The second-order valence-electron chi connectivity index (χ2n) is 3.40. The zero-order chi connectivity index (χ0) is 10.1. The molecule has 0 radical (unpaired) electrons. The van der Waals surface area contributed by atoms with E-state index < -0.39 is 0 Å². The zero-order valence-electron chi connectivity index (χ0n) is 7.97. The zero-order valence-corrected chi connectivity index (χ0v) is 9.56. The standard InChI is InChI=1S/C11H11BrO2/c1-14-11(13)9-5-6-10(12)8-4-2-3-7(8)9/h5-6H,2-4H2,1H3. The molecule has 0 amide bonds. The molecule has 0 atom stereocenters. The van der Waals surface area contributed by atoms with Gasteiger partial charge in [-0.1, -0.05) is 15.9 Å². The molecule has 0 N–H and O–H groups in total. The highest BCUT2D eigenvalue weighted by Crippen LogP contribution is 2.31. The molecule has 0 fully saturated rings. The molecule has 0 saturated heterocycles. The van der Waals surface area contributed by atoms with Gasteiger partial charge in [0.25, 0.3) is 0 Å². The average Bonchev–Trinajstić information content (AvgIpc) is 2.67. The lowest BCUT2D eigenvalue weighted by Gasteiger charge is -2.07. The molecule has 0 bridgehead atoms. The minimum atomic E-state index is -0.226. The molecule has 74 valence electrons. The fourth-order valence-corrected chi connectivity index (χ4v) is 2.53. The SMILES string of the molecule is COC(=O)c1ccc(Br)c2c1CCC2. The second-order valence-corrected chi connectivity index (χ2v) is 4.25. The Labute approximate surface area is 91.4 Å². The first kappa shape index (κ1) is 9.71. The molecule has 0 unspecified atom stereocenters. The summed E-state index contributed by atoms with van der Waals surface area (Å²) in [6.07, 6.45) is 3.17. The largest absolute Gasteiger partial charge is 0.465 e. The maximum absolute atomic E-state index is 11.4. The molecule has 2 nitrogen and oxygen atoms in total. The Morgan fingerprint density at radius 1 is 1.36 bits per heavy atom. The van der Waals surface area contributed by atoms with Gasteiger partial charge in [0, 0.05) is 4.47 Å². The fraction of sp³-hybridized carbons (Fsp3) is 0.364. The Bertz CT molecular complexity index is 385. The van der Waals surface area contributed by atoms with Gasteiger partial charge in [-0.05, 0) is 42.5 Å². The summed E-state index contributed by atoms with van der Waals surface area (Å²) in [5.41, 5.74) is 3.15. The van der Waals surface area contributed by atoms with Crippen molar-refractivity contribution in [2.45, 2.75) is 19.3 Å². The molecule has 0 heterocycles. The summed E-state index contributed by atoms with van der Waals surface area (Å²) in [5.74, 6) is -0.226. The van der Waals surface area contributed by atoms with Crippen LogP contribution < -0.4 is 0 Å². The third-order valence-electron chi connectivity index (χ3n) is 2.63. The van der Waals surface area contributed by atoms with E-state index >= 15 is 0 Å². The van der Waals surface area contributed by atoms with Crippen LogP contribution >= 0.6 is 15.9 Å². The third-order valence-corrected chi connectivity index (χ3v) is 3.38. The van der Waals surface area contributed by atoms with E-state index in [1.807, 2.05) is 12.1 Å². The molecule has 1 aliphatic carbocycles. The van der Waals surface area contributed by atoms with Gasteiger partial charge in [-0.15, -0.1) is 0 Å². The minimum Gasteiger partial charge on any atom is -0.465 e. The van der Waals surface area contributed by atoms with Crippen LogP contribution in [-0.4, -0.2) is 13.1 Å². The molecule has 1 aromatic rings. The maximum atomic E-state index is 11.4. The lowest BCUT2D eigenvalue weighted by molar-refractivity contribution is 0.0599. The van der Waals surface area contributed by atoms with Crippen molar-refractivity contribution < 1.29 is 9.53 Å². The van der Waals surface area contributed by atoms with Crippen LogP contribution in [0.3, 0.4) is 0 Å². The van der Waals surface area contributed by atoms with Crippen molar-refractivity contribution in [2.24, 2.45) is 0 Å². The van der Waals surface area contributed by atoms with Gasteiger partial charge in [-0.3, -0.25) is 0 Å². The fourth-order valence-electron chi connectivity index (χ4n) is 1.96. The van der Waals surface area contributed by atoms with E-state index in [-0.39, 0.29) is 5.97 Å². The van der Waals surface area contributed by atoms with Crippen molar-refractivity contribution in [1.29, 1.82) is 0 Å². The number of ether oxygens (including phenoxy) is 1. The van der Waals surface area contributed by atoms with E-state index in [1.54, 1.807) is 0 Å². The van der Waals surface area contributed by atoms with Crippen molar-refractivity contribution in [3.8, 4) is 0 Å². The number of halogens is 1. The Kier molecular flexibility index (Phi) is 2.59. The highest BCUT2D eigenvalue weighted by Gasteiger charge is 2.21. The van der Waals surface area contributed by atoms with Crippen molar-refractivity contribution in [3.05, 3.63) is 33.3 Å². The number of carbonyl (C=O) groups is 1. The third kappa shape index (κ3) is 1.46. The predicted octanol–water partition coefficient (Wildman–Crippen LogP) is 2.72. The molecule has 1 aliphatic rings. The van der Waals surface area contributed by atoms with Gasteiger partial charge in [0.15, 0.2) is 0 Å². The van der Waals surface area contributed by atoms with Gasteiger partial charge < -0.3 is 4.74 Å². The highest BCUT2D eigenvalue weighted by molar-refractivity contribution is 9.10. The molecule has 1 aromatic carbocycles. The second kappa shape index (κ2) is 3.73. The summed E-state index contributed by atoms with van der Waals surface area (Å²) in [6, 6.07) is 3.76. The Hall–Kier alpha value is -0.830. The van der Waals surface area contributed by atoms with Crippen LogP contribution in [0.4, 0.5) is 0 Å². The first-order valence-corrected chi connectivity index (χ1v) is 5.42. The highest BCUT2D eigenvalue weighted by atomic mass is 79.9. The van der Waals surface area contributed by atoms with Gasteiger partial charge >= 0.3 is 5.97 Å². The quantitative estimate of drug-likeness (QED) is 0.721. The Morgan fingerprint density at radius 3 is 2.79 bits per heavy atom. The van der Waals surface area contributed by atoms with Crippen molar-refractivity contribution >= 4 is 21.9 Å². The minimum absolute atomic E-state index is 0.226. The summed E-state index contributed by atoms with van der Waals surface area (Å²) in [5, 5.41) is 0. The molecule has 2 rings (SSSR count). The number of esters is 1. The molecular weight excluding hydrogens is 244 g/mol. The van der Waals surface area contributed by atoms with Crippen LogP contribution in [0.2, 0.25) is 0 Å². The smallest absolute Gasteiger partial charge is 0.338 e. The number of hydrogen-bond donors (Lipinski definition) is 0. The number of benzene rings is 1. The maximum Gasteiger partial charge on any atom is 0.338 e. The van der Waals surface area contributed by atoms with Crippen LogP contribution in [0.15, 0.2) is 16.6 Å². The van der Waals surface area contributed by atoms with E-state index in [4.69, 9.17) is 4.74 Å². The first-order chi connectivity index (χ1) is 6.74. The van der Waals surface area contributed by atoms with Gasteiger partial charge in [0.2, 0.25) is 0 Å². The molecule has 0 aromatic heterocycles. The van der Waals surface area contributed by atoms with Crippen LogP contribution in [0.1, 0.15) is 27.9 Å². The lowest BCUT2D eigenvalue weighted by atomic mass is 10.0. The molecule has 0 aliphatic heterocycles. The van der Waals surface area contributed by atoms with E-state index in [0.717, 1.165) is 34.9 Å². The summed E-state index contributed by atoms with van der Waals surface area (Å²) in [6.45, 7) is 0. The molecule has 0 spiro atoms. The molecule has 0 saturated carbocycles. The summed E-state index contributed by atoms with van der Waals surface area (Å²) >= 11 is 3.50. The normalized spacial score (nSPS) is 13.9. The van der Waals surface area contributed by atoms with Crippen molar-refractivity contribution in [3.63, 3.8) is 0 Å². The van der Waals surface area contributed by atoms with E-state index in [1.165, 1.54) is 12.7 Å². The average molecular weight is 255 g/mol. The molecule has 14 heavy (non-hydrogen) atoms. The molecule has 3 heteroatoms. The van der Waals surface area contributed by atoms with Crippen LogP contribution in [0.25, 0.3) is 0 Å². The monoisotopic (exact) mass is 254 g/mol. The van der Waals surface area contributed by atoms with Crippen molar-refractivity contribution in [2.75, 3.05) is 7.11 Å². The predicted molar refractivity (Wildman–Crippen MR) is 57.5 cm³/mol. The number of methoxy groups -OCH3 is 1. The Morgan fingerprint density at radius 2 is 2.07 bits per heavy atom. The van der Waals surface area contributed by atoms with Crippen LogP contribution in [0, 0.1) is 0 Å². The van der Waals surface area contributed by atoms with Gasteiger partial charge in [-0.2, -0.15) is 0 Å². The summed E-state index contributed by atoms with van der Waals surface area (Å²) in [7, 11) is 1.42. The topological polar surface area (TPSA) is 26.3 Å². The van der Waals surface area contributed by atoms with Crippen molar-refractivity contribution in [1.82, 2.24) is 0 Å². The van der Waals surface area contributed by atoms with E-state index in [0.29, 0.717) is 0 Å². The summed E-state index contributed by atoms with van der Waals surface area (Å²) < 4.78 is 5.86. The Balaban J connectivity index is 2.53.